The number of fused-ring (bicyclic) bond motifs is 3. The molecule has 3 heterocycles. The van der Waals surface area contributed by atoms with Crippen LogP contribution in [-0.4, -0.2) is 27.8 Å². The van der Waals surface area contributed by atoms with Gasteiger partial charge in [0, 0.05) is 29.8 Å². The third-order valence-electron chi connectivity index (χ3n) is 5.74. The van der Waals surface area contributed by atoms with Crippen LogP contribution in [0.25, 0.3) is 10.9 Å². The van der Waals surface area contributed by atoms with Crippen LogP contribution in [0.2, 0.25) is 0 Å². The van der Waals surface area contributed by atoms with Crippen LogP contribution in [0.3, 0.4) is 0 Å². The summed E-state index contributed by atoms with van der Waals surface area (Å²) in [6.07, 6.45) is -3.85. The molecule has 162 valence electrons. The summed E-state index contributed by atoms with van der Waals surface area (Å²) in [6, 6.07) is 6.88. The molecular weight excluding hydrogens is 409 g/mol. The Hall–Kier alpha value is -3.20. The van der Waals surface area contributed by atoms with E-state index in [1.165, 1.54) is 11.0 Å². The lowest BCUT2D eigenvalue weighted by atomic mass is 10.00. The minimum absolute atomic E-state index is 0.167. The van der Waals surface area contributed by atoms with Crippen molar-refractivity contribution in [1.29, 1.82) is 0 Å². The smallest absolute Gasteiger partial charge is 0.383 e. The first-order valence-electron chi connectivity index (χ1n) is 9.72. The molecular formula is C22H21F3N4O2. The van der Waals surface area contributed by atoms with E-state index in [1.54, 1.807) is 32.2 Å². The van der Waals surface area contributed by atoms with E-state index in [2.05, 4.69) is 9.97 Å². The Bertz CT molecular complexity index is 1160. The first-order chi connectivity index (χ1) is 14.6. The number of anilines is 1. The fraction of sp³-hybridized carbons (Fsp3) is 0.318. The molecule has 2 aromatic heterocycles. The highest BCUT2D eigenvalue weighted by Crippen LogP contribution is 2.38. The molecule has 0 spiro atoms. The van der Waals surface area contributed by atoms with Gasteiger partial charge in [-0.25, -0.2) is 4.98 Å². The summed E-state index contributed by atoms with van der Waals surface area (Å²) in [5.74, 6) is 0.138. The molecule has 0 unspecified atom stereocenters. The Balaban J connectivity index is 1.63. The standard InChI is InChI=1S/C22H21F3N4O2/c1-11(17-7-5-14(9-27-17)22(23,24)25)29(3)21(30)13-4-6-18-15(8-13)16-10-31-12(2)19(16)20(26)28-18/h4-9,11-12H,10H2,1-3H3,(H2,26,28)/t11-,12-/m1/s1. The molecule has 0 saturated carbocycles. The molecule has 0 bridgehead atoms. The van der Waals surface area contributed by atoms with Gasteiger partial charge in [0.25, 0.3) is 5.91 Å². The first-order valence-corrected chi connectivity index (χ1v) is 9.72. The number of nitrogens with two attached hydrogens (primary N) is 1. The number of nitrogen functional groups attached to an aromatic ring is 1. The number of pyridine rings is 2. The molecule has 3 aromatic rings. The van der Waals surface area contributed by atoms with Gasteiger partial charge in [0.15, 0.2) is 0 Å². The molecule has 0 fully saturated rings. The van der Waals surface area contributed by atoms with E-state index >= 15 is 0 Å². The highest BCUT2D eigenvalue weighted by Gasteiger charge is 2.31. The summed E-state index contributed by atoms with van der Waals surface area (Å²) in [4.78, 5) is 22.9. The molecule has 0 saturated heterocycles. The fourth-order valence-corrected chi connectivity index (χ4v) is 3.80. The number of rotatable bonds is 3. The zero-order valence-corrected chi connectivity index (χ0v) is 17.2. The normalized spacial score (nSPS) is 16.9. The Kier molecular flexibility index (Phi) is 5.09. The van der Waals surface area contributed by atoms with Crippen LogP contribution >= 0.6 is 0 Å². The molecule has 1 amide bonds. The van der Waals surface area contributed by atoms with Crippen LogP contribution in [0, 0.1) is 0 Å². The van der Waals surface area contributed by atoms with Gasteiger partial charge in [-0.1, -0.05) is 0 Å². The molecule has 2 atom stereocenters. The van der Waals surface area contributed by atoms with E-state index in [9.17, 15) is 18.0 Å². The molecule has 1 aromatic carbocycles. The van der Waals surface area contributed by atoms with Crippen molar-refractivity contribution in [3.8, 4) is 0 Å². The molecule has 6 nitrogen and oxygen atoms in total. The van der Waals surface area contributed by atoms with Crippen LogP contribution in [-0.2, 0) is 17.5 Å². The zero-order chi connectivity index (χ0) is 22.5. The van der Waals surface area contributed by atoms with E-state index in [4.69, 9.17) is 10.5 Å². The van der Waals surface area contributed by atoms with Crippen molar-refractivity contribution in [2.75, 3.05) is 12.8 Å². The number of benzene rings is 1. The molecule has 9 heteroatoms. The van der Waals surface area contributed by atoms with Gasteiger partial charge in [-0.05, 0) is 49.7 Å². The van der Waals surface area contributed by atoms with Gasteiger partial charge in [-0.2, -0.15) is 13.2 Å². The maximum Gasteiger partial charge on any atom is 0.417 e. The molecule has 4 rings (SSSR count). The Morgan fingerprint density at radius 3 is 2.68 bits per heavy atom. The molecule has 1 aliphatic heterocycles. The van der Waals surface area contributed by atoms with E-state index in [1.807, 2.05) is 6.92 Å². The molecule has 1 aliphatic rings. The summed E-state index contributed by atoms with van der Waals surface area (Å²) in [5.41, 5.74) is 8.47. The second-order valence-corrected chi connectivity index (χ2v) is 7.64. The lowest BCUT2D eigenvalue weighted by Crippen LogP contribution is -2.30. The summed E-state index contributed by atoms with van der Waals surface area (Å²) in [7, 11) is 1.59. The number of carbonyl (C=O) groups excluding carboxylic acids is 1. The lowest BCUT2D eigenvalue weighted by molar-refractivity contribution is -0.137. The van der Waals surface area contributed by atoms with Gasteiger partial charge < -0.3 is 15.4 Å². The van der Waals surface area contributed by atoms with E-state index in [0.29, 0.717) is 29.2 Å². The van der Waals surface area contributed by atoms with Gasteiger partial charge >= 0.3 is 6.18 Å². The monoisotopic (exact) mass is 430 g/mol. The maximum atomic E-state index is 13.1. The molecule has 0 radical (unpaired) electrons. The van der Waals surface area contributed by atoms with Crippen LogP contribution in [0.5, 0.6) is 0 Å². The topological polar surface area (TPSA) is 81.3 Å². The van der Waals surface area contributed by atoms with Gasteiger partial charge in [0.1, 0.15) is 5.82 Å². The SMILES string of the molecule is C[C@H](c1ccc(C(F)(F)F)cn1)N(C)C(=O)c1ccc2nc(N)c3c(c2c1)CO[C@@H]3C. The van der Waals surface area contributed by atoms with E-state index < -0.39 is 17.8 Å². The van der Waals surface area contributed by atoms with Gasteiger partial charge in [0.05, 0.1) is 35.5 Å². The molecule has 0 aliphatic carbocycles. The van der Waals surface area contributed by atoms with Crippen molar-refractivity contribution >= 4 is 22.6 Å². The highest BCUT2D eigenvalue weighted by molar-refractivity contribution is 5.99. The number of aromatic nitrogens is 2. The van der Waals surface area contributed by atoms with Crippen molar-refractivity contribution in [3.05, 3.63) is 64.5 Å². The number of alkyl halides is 3. The summed E-state index contributed by atoms with van der Waals surface area (Å²) < 4.78 is 44.0. The molecule has 31 heavy (non-hydrogen) atoms. The number of amides is 1. The number of carbonyl (C=O) groups is 1. The largest absolute Gasteiger partial charge is 0.417 e. The third kappa shape index (κ3) is 3.69. The molecule has 2 N–H and O–H groups in total. The quantitative estimate of drug-likeness (QED) is 0.654. The Labute approximate surface area is 176 Å². The zero-order valence-electron chi connectivity index (χ0n) is 17.2. The van der Waals surface area contributed by atoms with Crippen LogP contribution < -0.4 is 5.73 Å². The van der Waals surface area contributed by atoms with Crippen molar-refractivity contribution in [1.82, 2.24) is 14.9 Å². The minimum atomic E-state index is -4.46. The predicted octanol–water partition coefficient (Wildman–Crippen LogP) is 4.66. The van der Waals surface area contributed by atoms with E-state index in [0.717, 1.165) is 28.8 Å². The lowest BCUT2D eigenvalue weighted by Gasteiger charge is -2.25. The van der Waals surface area contributed by atoms with Gasteiger partial charge in [0.2, 0.25) is 0 Å². The Morgan fingerprint density at radius 1 is 1.29 bits per heavy atom. The number of hydrogen-bond donors (Lipinski definition) is 1. The van der Waals surface area contributed by atoms with Crippen LogP contribution in [0.15, 0.2) is 36.5 Å². The number of ether oxygens (including phenoxy) is 1. The number of halogens is 3. The number of nitrogens with zero attached hydrogens (tertiary/aromatic N) is 3. The summed E-state index contributed by atoms with van der Waals surface area (Å²) in [5, 5.41) is 0.799. The minimum Gasteiger partial charge on any atom is -0.383 e. The predicted molar refractivity (Wildman–Crippen MR) is 109 cm³/mol. The van der Waals surface area contributed by atoms with Gasteiger partial charge in [-0.15, -0.1) is 0 Å². The second kappa shape index (κ2) is 7.49. The highest BCUT2D eigenvalue weighted by atomic mass is 19.4. The van der Waals surface area contributed by atoms with Crippen molar-refractivity contribution in [3.63, 3.8) is 0 Å². The fourth-order valence-electron chi connectivity index (χ4n) is 3.80. The average Bonchev–Trinajstić information content (AvgIpc) is 3.14. The summed E-state index contributed by atoms with van der Waals surface area (Å²) >= 11 is 0. The van der Waals surface area contributed by atoms with Crippen LogP contribution in [0.4, 0.5) is 19.0 Å². The van der Waals surface area contributed by atoms with Crippen molar-refractivity contribution in [2.24, 2.45) is 0 Å². The van der Waals surface area contributed by atoms with Crippen LogP contribution in [0.1, 0.15) is 58.7 Å². The maximum absolute atomic E-state index is 13.1. The number of hydrogen-bond acceptors (Lipinski definition) is 5. The second-order valence-electron chi connectivity index (χ2n) is 7.64. The summed E-state index contributed by atoms with van der Waals surface area (Å²) in [6.45, 7) is 4.00. The Morgan fingerprint density at radius 2 is 2.03 bits per heavy atom. The van der Waals surface area contributed by atoms with Crippen molar-refractivity contribution < 1.29 is 22.7 Å². The third-order valence-corrected chi connectivity index (χ3v) is 5.74. The van der Waals surface area contributed by atoms with Crippen molar-refractivity contribution in [2.45, 2.75) is 38.8 Å². The average molecular weight is 430 g/mol. The van der Waals surface area contributed by atoms with Gasteiger partial charge in [-0.3, -0.25) is 9.78 Å². The first kappa shape index (κ1) is 21.0. The van der Waals surface area contributed by atoms with E-state index in [-0.39, 0.29) is 12.0 Å².